The Labute approximate surface area is 116 Å². The van der Waals surface area contributed by atoms with Gasteiger partial charge in [-0.1, -0.05) is 20.8 Å². The third-order valence-electron chi connectivity index (χ3n) is 3.13. The highest BCUT2D eigenvalue weighted by Gasteiger charge is 2.26. The molecule has 1 atom stereocenters. The summed E-state index contributed by atoms with van der Waals surface area (Å²) in [6.45, 7) is 7.92. The van der Waals surface area contributed by atoms with Gasteiger partial charge in [-0.25, -0.2) is 9.97 Å². The van der Waals surface area contributed by atoms with E-state index >= 15 is 0 Å². The molecule has 1 aliphatic rings. The Kier molecular flexibility index (Phi) is 3.92. The Bertz CT molecular complexity index is 437. The Hall–Kier alpha value is -0.680. The predicted molar refractivity (Wildman–Crippen MR) is 75.6 cm³/mol. The van der Waals surface area contributed by atoms with E-state index in [1.807, 2.05) is 0 Å². The molecule has 0 bridgehead atoms. The molecule has 1 aromatic heterocycles. The summed E-state index contributed by atoms with van der Waals surface area (Å²) < 4.78 is 6.31. The second kappa shape index (κ2) is 5.13. The van der Waals surface area contributed by atoms with Crippen LogP contribution in [0.2, 0.25) is 0 Å². The summed E-state index contributed by atoms with van der Waals surface area (Å²) in [5, 5.41) is 0. The number of nitrogens with two attached hydrogens (primary N) is 1. The molecule has 0 radical (unpaired) electrons. The minimum Gasteiger partial charge on any atom is -0.383 e. The zero-order valence-corrected chi connectivity index (χ0v) is 12.7. The molecule has 18 heavy (non-hydrogen) atoms. The van der Waals surface area contributed by atoms with Gasteiger partial charge in [0.2, 0.25) is 0 Å². The molecule has 0 saturated carbocycles. The molecule has 0 amide bonds. The van der Waals surface area contributed by atoms with E-state index in [9.17, 15) is 0 Å². The van der Waals surface area contributed by atoms with Gasteiger partial charge in [0.05, 0.1) is 16.8 Å². The van der Waals surface area contributed by atoms with Crippen molar-refractivity contribution in [2.24, 2.45) is 0 Å². The standard InChI is InChI=1S/C13H20BrN3O/c1-13(2,3)10-9(14)11(15)17-12(16-10)8-5-4-6-18-7-8/h8H,4-7H2,1-3H3,(H2,15,16,17). The lowest BCUT2D eigenvalue weighted by Gasteiger charge is -2.25. The molecule has 1 aromatic rings. The van der Waals surface area contributed by atoms with Crippen molar-refractivity contribution in [3.8, 4) is 0 Å². The number of halogens is 1. The van der Waals surface area contributed by atoms with Crippen molar-refractivity contribution in [1.29, 1.82) is 0 Å². The van der Waals surface area contributed by atoms with E-state index in [4.69, 9.17) is 15.5 Å². The highest BCUT2D eigenvalue weighted by Crippen LogP contribution is 2.33. The molecular formula is C13H20BrN3O. The first-order valence-corrected chi connectivity index (χ1v) is 7.10. The molecule has 1 unspecified atom stereocenters. The van der Waals surface area contributed by atoms with Gasteiger partial charge in [-0.2, -0.15) is 0 Å². The molecule has 5 heteroatoms. The molecule has 2 heterocycles. The lowest BCUT2D eigenvalue weighted by Crippen LogP contribution is -2.22. The number of nitrogen functional groups attached to an aromatic ring is 1. The smallest absolute Gasteiger partial charge is 0.141 e. The van der Waals surface area contributed by atoms with Crippen LogP contribution in [0.1, 0.15) is 51.0 Å². The fourth-order valence-electron chi connectivity index (χ4n) is 2.11. The van der Waals surface area contributed by atoms with Gasteiger partial charge in [-0.05, 0) is 28.8 Å². The molecule has 1 fully saturated rings. The molecule has 2 N–H and O–H groups in total. The fourth-order valence-corrected chi connectivity index (χ4v) is 2.88. The number of rotatable bonds is 1. The zero-order chi connectivity index (χ0) is 13.3. The van der Waals surface area contributed by atoms with Gasteiger partial charge in [0.25, 0.3) is 0 Å². The minimum atomic E-state index is -0.0554. The Morgan fingerprint density at radius 3 is 2.61 bits per heavy atom. The Balaban J connectivity index is 2.40. The summed E-state index contributed by atoms with van der Waals surface area (Å²) in [5.41, 5.74) is 6.90. The van der Waals surface area contributed by atoms with Gasteiger partial charge in [0.1, 0.15) is 11.6 Å². The van der Waals surface area contributed by atoms with E-state index < -0.39 is 0 Å². The summed E-state index contributed by atoms with van der Waals surface area (Å²) in [6, 6.07) is 0. The number of anilines is 1. The summed E-state index contributed by atoms with van der Waals surface area (Å²) >= 11 is 3.49. The van der Waals surface area contributed by atoms with E-state index in [-0.39, 0.29) is 11.3 Å². The molecule has 0 aromatic carbocycles. The number of ether oxygens (including phenoxy) is 1. The van der Waals surface area contributed by atoms with Crippen LogP contribution in [-0.2, 0) is 10.2 Å². The SMILES string of the molecule is CC(C)(C)c1nc(C2CCCOC2)nc(N)c1Br. The third kappa shape index (κ3) is 2.83. The summed E-state index contributed by atoms with van der Waals surface area (Å²) in [5.74, 6) is 1.62. The van der Waals surface area contributed by atoms with Crippen molar-refractivity contribution in [2.45, 2.75) is 44.9 Å². The van der Waals surface area contributed by atoms with Gasteiger partial charge in [0, 0.05) is 17.9 Å². The molecule has 1 aliphatic heterocycles. The number of hydrogen-bond acceptors (Lipinski definition) is 4. The maximum absolute atomic E-state index is 5.99. The lowest BCUT2D eigenvalue weighted by atomic mass is 9.91. The largest absolute Gasteiger partial charge is 0.383 e. The number of nitrogens with zero attached hydrogens (tertiary/aromatic N) is 2. The minimum absolute atomic E-state index is 0.0554. The van der Waals surface area contributed by atoms with Gasteiger partial charge < -0.3 is 10.5 Å². The average Bonchev–Trinajstić information content (AvgIpc) is 2.32. The van der Waals surface area contributed by atoms with E-state index in [2.05, 4.69) is 41.7 Å². The quantitative estimate of drug-likeness (QED) is 0.865. The second-order valence-electron chi connectivity index (χ2n) is 5.79. The highest BCUT2D eigenvalue weighted by atomic mass is 79.9. The Morgan fingerprint density at radius 2 is 2.06 bits per heavy atom. The molecule has 0 aliphatic carbocycles. The van der Waals surface area contributed by atoms with Crippen molar-refractivity contribution in [3.05, 3.63) is 16.0 Å². The van der Waals surface area contributed by atoms with Crippen LogP contribution in [0, 0.1) is 0 Å². The van der Waals surface area contributed by atoms with Crippen LogP contribution in [0.15, 0.2) is 4.47 Å². The zero-order valence-electron chi connectivity index (χ0n) is 11.2. The van der Waals surface area contributed by atoms with Crippen LogP contribution >= 0.6 is 15.9 Å². The summed E-state index contributed by atoms with van der Waals surface area (Å²) in [4.78, 5) is 9.12. The topological polar surface area (TPSA) is 61.0 Å². The van der Waals surface area contributed by atoms with E-state index in [1.54, 1.807) is 0 Å². The van der Waals surface area contributed by atoms with Gasteiger partial charge in [-0.15, -0.1) is 0 Å². The van der Waals surface area contributed by atoms with E-state index in [1.165, 1.54) is 0 Å². The van der Waals surface area contributed by atoms with E-state index in [0.29, 0.717) is 12.4 Å². The predicted octanol–water partition coefficient (Wildman–Crippen LogP) is 3.01. The van der Waals surface area contributed by atoms with Crippen molar-refractivity contribution in [1.82, 2.24) is 9.97 Å². The first-order chi connectivity index (χ1) is 8.39. The normalized spacial score (nSPS) is 21.0. The van der Waals surface area contributed by atoms with Crippen LogP contribution in [-0.4, -0.2) is 23.2 Å². The lowest BCUT2D eigenvalue weighted by molar-refractivity contribution is 0.0779. The summed E-state index contributed by atoms with van der Waals surface area (Å²) in [7, 11) is 0. The molecular weight excluding hydrogens is 294 g/mol. The Morgan fingerprint density at radius 1 is 1.33 bits per heavy atom. The van der Waals surface area contributed by atoms with Crippen molar-refractivity contribution in [2.75, 3.05) is 18.9 Å². The van der Waals surface area contributed by atoms with Gasteiger partial charge in [0.15, 0.2) is 0 Å². The number of aromatic nitrogens is 2. The molecule has 0 spiro atoms. The fraction of sp³-hybridized carbons (Fsp3) is 0.692. The van der Waals surface area contributed by atoms with E-state index in [0.717, 1.165) is 35.4 Å². The van der Waals surface area contributed by atoms with Crippen LogP contribution in [0.5, 0.6) is 0 Å². The van der Waals surface area contributed by atoms with Crippen LogP contribution < -0.4 is 5.73 Å². The van der Waals surface area contributed by atoms with Crippen LogP contribution in [0.3, 0.4) is 0 Å². The molecule has 1 saturated heterocycles. The van der Waals surface area contributed by atoms with Crippen LogP contribution in [0.25, 0.3) is 0 Å². The van der Waals surface area contributed by atoms with Gasteiger partial charge in [-0.3, -0.25) is 0 Å². The maximum Gasteiger partial charge on any atom is 0.141 e. The molecule has 2 rings (SSSR count). The van der Waals surface area contributed by atoms with Crippen molar-refractivity contribution < 1.29 is 4.74 Å². The second-order valence-corrected chi connectivity index (χ2v) is 6.59. The van der Waals surface area contributed by atoms with Crippen LogP contribution in [0.4, 0.5) is 5.82 Å². The number of hydrogen-bond donors (Lipinski definition) is 1. The first-order valence-electron chi connectivity index (χ1n) is 6.30. The average molecular weight is 314 g/mol. The van der Waals surface area contributed by atoms with Gasteiger partial charge >= 0.3 is 0 Å². The van der Waals surface area contributed by atoms with Crippen molar-refractivity contribution >= 4 is 21.7 Å². The van der Waals surface area contributed by atoms with Crippen molar-refractivity contribution in [3.63, 3.8) is 0 Å². The maximum atomic E-state index is 5.99. The monoisotopic (exact) mass is 313 g/mol. The molecule has 100 valence electrons. The highest BCUT2D eigenvalue weighted by molar-refractivity contribution is 9.10. The third-order valence-corrected chi connectivity index (χ3v) is 3.91. The summed E-state index contributed by atoms with van der Waals surface area (Å²) in [6.07, 6.45) is 2.14. The first kappa shape index (κ1) is 13.7. The molecule has 4 nitrogen and oxygen atoms in total.